The average Bonchev–Trinajstić information content (AvgIpc) is 2.67. The molecular weight excluding hydrogens is 433 g/mol. The minimum atomic E-state index is -3.63. The number of aromatic nitrogens is 1. The van der Waals surface area contributed by atoms with Crippen LogP contribution in [0.25, 0.3) is 0 Å². The Hall–Kier alpha value is -3.12. The number of nitrogens with zero attached hydrogens (tertiary/aromatic N) is 3. The van der Waals surface area contributed by atoms with Crippen LogP contribution in [-0.4, -0.2) is 28.3 Å². The molecule has 0 amide bonds. The normalized spacial score (nSPS) is 21.5. The van der Waals surface area contributed by atoms with Crippen LogP contribution in [-0.2, 0) is 16.7 Å². The molecule has 2 N–H and O–H groups in total. The summed E-state index contributed by atoms with van der Waals surface area (Å²) in [5, 5.41) is 8.85. The third-order valence-corrected chi connectivity index (χ3v) is 5.50. The lowest BCUT2D eigenvalue weighted by Crippen LogP contribution is -2.62. The van der Waals surface area contributed by atoms with E-state index in [0.717, 1.165) is 32.9 Å². The maximum atomic E-state index is 15.3. The van der Waals surface area contributed by atoms with Crippen molar-refractivity contribution < 1.29 is 22.7 Å². The zero-order valence-electron chi connectivity index (χ0n) is 16.8. The standard InChI is InChI=1S/C21H18ClF3N4O2/c1-19(2)21(24,25)20(3,29-18(27)31-19)13-6-11(4-5-15(13)23)8-16(30)17-14(22)7-12(9-26)10-28-17/h4-7,10H,8H2,1-3H3,(H2,27,29)/t20-/m1/s1. The molecule has 10 heteroatoms. The van der Waals surface area contributed by atoms with Crippen LogP contribution in [0, 0.1) is 17.1 Å². The Bertz CT molecular complexity index is 1140. The van der Waals surface area contributed by atoms with Crippen LogP contribution in [0.5, 0.6) is 0 Å². The van der Waals surface area contributed by atoms with E-state index in [4.69, 9.17) is 27.3 Å². The number of halogens is 4. The van der Waals surface area contributed by atoms with E-state index in [1.165, 1.54) is 18.3 Å². The molecule has 0 aliphatic carbocycles. The number of ketones is 1. The number of aliphatic imine (C=N–C) groups is 1. The Balaban J connectivity index is 2.02. The van der Waals surface area contributed by atoms with Gasteiger partial charge in [-0.05, 0) is 44.5 Å². The van der Waals surface area contributed by atoms with Crippen molar-refractivity contribution in [1.82, 2.24) is 4.98 Å². The van der Waals surface area contributed by atoms with Crippen molar-refractivity contribution in [2.75, 3.05) is 0 Å². The van der Waals surface area contributed by atoms with Gasteiger partial charge in [-0.1, -0.05) is 17.7 Å². The van der Waals surface area contributed by atoms with Crippen molar-refractivity contribution >= 4 is 23.4 Å². The topological polar surface area (TPSA) is 101 Å². The van der Waals surface area contributed by atoms with Gasteiger partial charge in [0, 0.05) is 18.2 Å². The number of rotatable bonds is 4. The van der Waals surface area contributed by atoms with Gasteiger partial charge in [0.25, 0.3) is 6.02 Å². The maximum absolute atomic E-state index is 15.3. The molecule has 0 radical (unpaired) electrons. The second kappa shape index (κ2) is 7.54. The second-order valence-corrected chi connectivity index (χ2v) is 8.20. The number of ether oxygens (including phenoxy) is 1. The van der Waals surface area contributed by atoms with Gasteiger partial charge < -0.3 is 10.5 Å². The highest BCUT2D eigenvalue weighted by molar-refractivity contribution is 6.33. The number of amidine groups is 1. The number of alkyl halides is 2. The highest BCUT2D eigenvalue weighted by atomic mass is 35.5. The molecule has 1 atom stereocenters. The number of pyridine rings is 1. The summed E-state index contributed by atoms with van der Waals surface area (Å²) in [5.41, 5.74) is 1.10. The molecule has 31 heavy (non-hydrogen) atoms. The molecule has 1 aliphatic rings. The number of hydrogen-bond donors (Lipinski definition) is 1. The summed E-state index contributed by atoms with van der Waals surface area (Å²) in [7, 11) is 0. The van der Waals surface area contributed by atoms with Gasteiger partial charge in [-0.15, -0.1) is 0 Å². The van der Waals surface area contributed by atoms with Crippen LogP contribution in [0.4, 0.5) is 13.2 Å². The predicted molar refractivity (Wildman–Crippen MR) is 107 cm³/mol. The monoisotopic (exact) mass is 450 g/mol. The number of nitriles is 1. The van der Waals surface area contributed by atoms with E-state index < -0.39 is 40.2 Å². The molecular formula is C21H18ClF3N4O2. The Labute approximate surface area is 181 Å². The van der Waals surface area contributed by atoms with E-state index in [-0.39, 0.29) is 28.3 Å². The average molecular weight is 451 g/mol. The fraction of sp³-hybridized carbons (Fsp3) is 0.333. The number of Topliss-reactive ketones (excluding diaryl/α,β-unsaturated/α-hetero) is 1. The van der Waals surface area contributed by atoms with Crippen molar-refractivity contribution in [1.29, 1.82) is 5.26 Å². The Morgan fingerprint density at radius 3 is 2.58 bits per heavy atom. The lowest BCUT2D eigenvalue weighted by Gasteiger charge is -2.46. The summed E-state index contributed by atoms with van der Waals surface area (Å²) in [6.45, 7) is 3.33. The number of nitrogens with two attached hydrogens (primary N) is 1. The smallest absolute Gasteiger partial charge is 0.315 e. The van der Waals surface area contributed by atoms with Gasteiger partial charge in [-0.2, -0.15) is 14.0 Å². The van der Waals surface area contributed by atoms with Gasteiger partial charge in [-0.25, -0.2) is 9.38 Å². The summed E-state index contributed by atoms with van der Waals surface area (Å²) in [5.74, 6) is -5.09. The fourth-order valence-electron chi connectivity index (χ4n) is 3.48. The third-order valence-electron chi connectivity index (χ3n) is 5.22. The zero-order chi connectivity index (χ0) is 23.2. The number of carbonyl (C=O) groups is 1. The lowest BCUT2D eigenvalue weighted by molar-refractivity contribution is -0.207. The number of benzene rings is 1. The summed E-state index contributed by atoms with van der Waals surface area (Å²) >= 11 is 6.02. The molecule has 0 spiro atoms. The quantitative estimate of drug-likeness (QED) is 0.705. The Kier molecular flexibility index (Phi) is 5.48. The molecule has 1 aromatic carbocycles. The van der Waals surface area contributed by atoms with E-state index >= 15 is 8.78 Å². The number of carbonyl (C=O) groups excluding carboxylic acids is 1. The van der Waals surface area contributed by atoms with E-state index in [9.17, 15) is 9.18 Å². The van der Waals surface area contributed by atoms with Crippen molar-refractivity contribution in [3.8, 4) is 6.07 Å². The predicted octanol–water partition coefficient (Wildman–Crippen LogP) is 4.15. The van der Waals surface area contributed by atoms with Crippen LogP contribution in [0.3, 0.4) is 0 Å². The van der Waals surface area contributed by atoms with Gasteiger partial charge in [0.15, 0.2) is 16.9 Å². The van der Waals surface area contributed by atoms with Crippen LogP contribution < -0.4 is 5.73 Å². The molecule has 0 fully saturated rings. The first-order valence-corrected chi connectivity index (χ1v) is 9.50. The molecule has 2 heterocycles. The Morgan fingerprint density at radius 1 is 1.29 bits per heavy atom. The Morgan fingerprint density at radius 2 is 1.97 bits per heavy atom. The van der Waals surface area contributed by atoms with Gasteiger partial charge in [0.2, 0.25) is 0 Å². The second-order valence-electron chi connectivity index (χ2n) is 7.79. The van der Waals surface area contributed by atoms with Crippen molar-refractivity contribution in [3.05, 3.63) is 63.7 Å². The van der Waals surface area contributed by atoms with E-state index in [1.54, 1.807) is 0 Å². The van der Waals surface area contributed by atoms with Crippen LogP contribution in [0.15, 0.2) is 35.5 Å². The molecule has 0 unspecified atom stereocenters. The van der Waals surface area contributed by atoms with Gasteiger partial charge in [-0.3, -0.25) is 9.78 Å². The van der Waals surface area contributed by atoms with Gasteiger partial charge >= 0.3 is 5.92 Å². The highest BCUT2D eigenvalue weighted by Crippen LogP contribution is 2.51. The van der Waals surface area contributed by atoms with Crippen molar-refractivity contribution in [2.24, 2.45) is 10.7 Å². The molecule has 162 valence electrons. The van der Waals surface area contributed by atoms with Gasteiger partial charge in [0.1, 0.15) is 17.6 Å². The summed E-state index contributed by atoms with van der Waals surface area (Å²) < 4.78 is 50.2. The molecule has 1 aliphatic heterocycles. The molecule has 0 saturated heterocycles. The summed E-state index contributed by atoms with van der Waals surface area (Å²) in [6, 6.07) is 6.09. The zero-order valence-corrected chi connectivity index (χ0v) is 17.6. The van der Waals surface area contributed by atoms with E-state index in [2.05, 4.69) is 9.98 Å². The SMILES string of the molecule is CC1(C)OC(N)=N[C@](C)(c2cc(CC(=O)c3ncc(C#N)cc3Cl)ccc2F)C1(F)F. The van der Waals surface area contributed by atoms with E-state index in [0.29, 0.717) is 0 Å². The van der Waals surface area contributed by atoms with Crippen LogP contribution in [0.1, 0.15) is 48.0 Å². The van der Waals surface area contributed by atoms with Crippen LogP contribution >= 0.6 is 11.6 Å². The fourth-order valence-corrected chi connectivity index (χ4v) is 3.75. The first kappa shape index (κ1) is 22.6. The molecule has 6 nitrogen and oxygen atoms in total. The molecule has 0 saturated carbocycles. The summed E-state index contributed by atoms with van der Waals surface area (Å²) in [4.78, 5) is 20.3. The lowest BCUT2D eigenvalue weighted by atomic mass is 9.76. The third kappa shape index (κ3) is 3.72. The summed E-state index contributed by atoms with van der Waals surface area (Å²) in [6.07, 6.45) is 0.908. The van der Waals surface area contributed by atoms with Crippen molar-refractivity contribution in [3.63, 3.8) is 0 Å². The molecule has 1 aromatic heterocycles. The first-order valence-electron chi connectivity index (χ1n) is 9.12. The van der Waals surface area contributed by atoms with E-state index in [1.807, 2.05) is 6.07 Å². The number of hydrogen-bond acceptors (Lipinski definition) is 6. The molecule has 2 aromatic rings. The maximum Gasteiger partial charge on any atom is 0.315 e. The minimum Gasteiger partial charge on any atom is -0.453 e. The first-order chi connectivity index (χ1) is 14.3. The van der Waals surface area contributed by atoms with Gasteiger partial charge in [0.05, 0.1) is 10.6 Å². The van der Waals surface area contributed by atoms with Crippen LogP contribution in [0.2, 0.25) is 5.02 Å². The molecule has 0 bridgehead atoms. The minimum absolute atomic E-state index is 0.0200. The van der Waals surface area contributed by atoms with Crippen molar-refractivity contribution in [2.45, 2.75) is 44.3 Å². The largest absolute Gasteiger partial charge is 0.453 e. The molecule has 3 rings (SSSR count). The highest BCUT2D eigenvalue weighted by Gasteiger charge is 2.66.